The smallest absolute Gasteiger partial charge is 0.225 e. The van der Waals surface area contributed by atoms with E-state index in [1.807, 2.05) is 0 Å². The lowest BCUT2D eigenvalue weighted by Crippen LogP contribution is -2.14. The molecule has 0 saturated carbocycles. The summed E-state index contributed by atoms with van der Waals surface area (Å²) in [5.74, 6) is 0.170. The van der Waals surface area contributed by atoms with E-state index in [1.54, 1.807) is 30.3 Å². The van der Waals surface area contributed by atoms with E-state index in [4.69, 9.17) is 28.6 Å². The van der Waals surface area contributed by atoms with E-state index in [0.717, 1.165) is 0 Å². The molecule has 108 valence electrons. The molecule has 2 N–H and O–H groups in total. The van der Waals surface area contributed by atoms with Crippen molar-refractivity contribution in [3.05, 3.63) is 52.1 Å². The van der Waals surface area contributed by atoms with Crippen molar-refractivity contribution in [3.63, 3.8) is 0 Å². The van der Waals surface area contributed by atoms with Crippen molar-refractivity contribution in [1.82, 2.24) is 10.2 Å². The van der Waals surface area contributed by atoms with Gasteiger partial charge in [0.1, 0.15) is 0 Å². The van der Waals surface area contributed by atoms with Crippen LogP contribution in [-0.2, 0) is 4.79 Å². The average molecular weight is 323 g/mol. The van der Waals surface area contributed by atoms with Crippen molar-refractivity contribution in [2.24, 2.45) is 0 Å². The van der Waals surface area contributed by atoms with Crippen molar-refractivity contribution in [3.8, 4) is 0 Å². The monoisotopic (exact) mass is 322 g/mol. The van der Waals surface area contributed by atoms with Crippen molar-refractivity contribution in [1.29, 1.82) is 5.41 Å². The summed E-state index contributed by atoms with van der Waals surface area (Å²) in [7, 11) is 0. The Balaban J connectivity index is 1.89. The zero-order valence-electron chi connectivity index (χ0n) is 10.9. The quantitative estimate of drug-likeness (QED) is 0.826. The number of hydrogen-bond donors (Lipinski definition) is 2. The van der Waals surface area contributed by atoms with Gasteiger partial charge in [0.25, 0.3) is 0 Å². The highest BCUT2D eigenvalue weighted by molar-refractivity contribution is 6.42. The molecule has 0 radical (unpaired) electrons. The molecular formula is C14H12Cl2N4O. The normalized spacial score (nSPS) is 10.2. The molecule has 0 fully saturated rings. The predicted octanol–water partition coefficient (Wildman–Crippen LogP) is 3.57. The summed E-state index contributed by atoms with van der Waals surface area (Å²) in [5.41, 5.74) is 0.972. The van der Waals surface area contributed by atoms with Crippen molar-refractivity contribution in [2.75, 3.05) is 5.32 Å². The van der Waals surface area contributed by atoms with E-state index in [9.17, 15) is 4.79 Å². The van der Waals surface area contributed by atoms with Crippen LogP contribution in [-0.4, -0.2) is 21.8 Å². The van der Waals surface area contributed by atoms with Gasteiger partial charge < -0.3 is 10.7 Å². The maximum absolute atomic E-state index is 11.7. The van der Waals surface area contributed by atoms with Gasteiger partial charge in [-0.3, -0.25) is 4.79 Å². The lowest BCUT2D eigenvalue weighted by molar-refractivity contribution is -0.116. The van der Waals surface area contributed by atoms with Gasteiger partial charge in [-0.15, -0.1) is 5.10 Å². The number of halogens is 2. The van der Waals surface area contributed by atoms with Gasteiger partial charge in [0.15, 0.2) is 5.82 Å². The highest BCUT2D eigenvalue weighted by Gasteiger charge is 2.09. The van der Waals surface area contributed by atoms with Gasteiger partial charge in [-0.05, 0) is 36.2 Å². The first-order chi connectivity index (χ1) is 10.1. The third-order valence-electron chi connectivity index (χ3n) is 2.71. The van der Waals surface area contributed by atoms with Crippen LogP contribution < -0.4 is 5.32 Å². The largest absolute Gasteiger partial charge is 0.309 e. The highest BCUT2D eigenvalue weighted by Crippen LogP contribution is 2.23. The number of nitrogens with zero attached hydrogens (tertiary/aromatic N) is 2. The fourth-order valence-electron chi connectivity index (χ4n) is 1.64. The number of carbonyl (C=O) groups excluding carboxylic acids is 1. The molecule has 0 unspecified atom stereocenters. The van der Waals surface area contributed by atoms with Gasteiger partial charge in [0.05, 0.1) is 10.0 Å². The van der Waals surface area contributed by atoms with Crippen LogP contribution in [0.2, 0.25) is 10.0 Å². The molecule has 0 atom stereocenters. The fraction of sp³-hybridized carbons (Fsp3) is 0.143. The second kappa shape index (κ2) is 7.15. The van der Waals surface area contributed by atoms with Gasteiger partial charge in [0.2, 0.25) is 5.91 Å². The van der Waals surface area contributed by atoms with Crippen LogP contribution >= 0.6 is 23.2 Å². The Bertz CT molecular complexity index is 661. The third-order valence-corrected chi connectivity index (χ3v) is 3.45. The van der Waals surface area contributed by atoms with Crippen LogP contribution in [0.15, 0.2) is 36.5 Å². The molecule has 1 heterocycles. The van der Waals surface area contributed by atoms with Crippen LogP contribution in [0.5, 0.6) is 0 Å². The summed E-state index contributed by atoms with van der Waals surface area (Å²) in [5, 5.41) is 18.8. The molecule has 0 aliphatic carbocycles. The Hall–Kier alpha value is -1.98. The van der Waals surface area contributed by atoms with Crippen molar-refractivity contribution < 1.29 is 4.79 Å². The molecular weight excluding hydrogens is 311 g/mol. The number of carbonyl (C=O) groups is 1. The van der Waals surface area contributed by atoms with Crippen molar-refractivity contribution >= 4 is 40.6 Å². The van der Waals surface area contributed by atoms with Gasteiger partial charge in [0, 0.05) is 18.3 Å². The van der Waals surface area contributed by atoms with Gasteiger partial charge in [-0.25, -0.2) is 0 Å². The van der Waals surface area contributed by atoms with E-state index in [1.165, 1.54) is 6.20 Å². The number of anilines is 1. The zero-order chi connectivity index (χ0) is 15.2. The Morgan fingerprint density at radius 2 is 2.00 bits per heavy atom. The standard InChI is InChI=1S/C14H12Cl2N4O/c15-10-4-3-9(8-11(10)16)12(17)5-6-14(21)19-13-2-1-7-18-20-13/h1-4,7-8,17H,5-6H2,(H,19,20,21). The maximum Gasteiger partial charge on any atom is 0.225 e. The summed E-state index contributed by atoms with van der Waals surface area (Å²) in [4.78, 5) is 11.7. The van der Waals surface area contributed by atoms with Crippen molar-refractivity contribution in [2.45, 2.75) is 12.8 Å². The maximum atomic E-state index is 11.7. The molecule has 0 spiro atoms. The number of rotatable bonds is 5. The molecule has 0 aliphatic heterocycles. The number of aromatic nitrogens is 2. The van der Waals surface area contributed by atoms with Crippen LogP contribution in [0.1, 0.15) is 18.4 Å². The molecule has 21 heavy (non-hydrogen) atoms. The molecule has 1 aromatic carbocycles. The Morgan fingerprint density at radius 3 is 2.67 bits per heavy atom. The summed E-state index contributed by atoms with van der Waals surface area (Å²) < 4.78 is 0. The van der Waals surface area contributed by atoms with E-state index >= 15 is 0 Å². The molecule has 0 aliphatic rings. The average Bonchev–Trinajstić information content (AvgIpc) is 2.48. The molecule has 7 heteroatoms. The lowest BCUT2D eigenvalue weighted by atomic mass is 10.1. The first kappa shape index (κ1) is 15.4. The SMILES string of the molecule is N=C(CCC(=O)Nc1cccnn1)c1ccc(Cl)c(Cl)c1. The first-order valence-corrected chi connectivity index (χ1v) is 6.92. The summed E-state index contributed by atoms with van der Waals surface area (Å²) >= 11 is 11.7. The minimum Gasteiger partial charge on any atom is -0.309 e. The van der Waals surface area contributed by atoms with E-state index in [2.05, 4.69) is 15.5 Å². The second-order valence-electron chi connectivity index (χ2n) is 4.26. The topological polar surface area (TPSA) is 78.7 Å². The highest BCUT2D eigenvalue weighted by atomic mass is 35.5. The number of nitrogens with one attached hydrogen (secondary N) is 2. The van der Waals surface area contributed by atoms with Gasteiger partial charge >= 0.3 is 0 Å². The minimum absolute atomic E-state index is 0.176. The Labute approximate surface area is 131 Å². The van der Waals surface area contributed by atoms with Gasteiger partial charge in [-0.1, -0.05) is 29.3 Å². The van der Waals surface area contributed by atoms with E-state index < -0.39 is 0 Å². The van der Waals surface area contributed by atoms with Crippen LogP contribution in [0, 0.1) is 5.41 Å². The predicted molar refractivity (Wildman–Crippen MR) is 83.2 cm³/mol. The summed E-state index contributed by atoms with van der Waals surface area (Å²) in [6.07, 6.45) is 2.00. The Morgan fingerprint density at radius 1 is 1.19 bits per heavy atom. The molecule has 1 amide bonds. The molecule has 2 rings (SSSR count). The number of hydrogen-bond acceptors (Lipinski definition) is 4. The third kappa shape index (κ3) is 4.51. The second-order valence-corrected chi connectivity index (χ2v) is 5.08. The molecule has 0 saturated heterocycles. The molecule has 1 aromatic heterocycles. The Kier molecular flexibility index (Phi) is 5.25. The summed E-state index contributed by atoms with van der Waals surface area (Å²) in [6.45, 7) is 0. The molecule has 5 nitrogen and oxygen atoms in total. The van der Waals surface area contributed by atoms with Gasteiger partial charge in [-0.2, -0.15) is 5.10 Å². The minimum atomic E-state index is -0.222. The van der Waals surface area contributed by atoms with Crippen LogP contribution in [0.25, 0.3) is 0 Å². The van der Waals surface area contributed by atoms with Crippen LogP contribution in [0.3, 0.4) is 0 Å². The zero-order valence-corrected chi connectivity index (χ0v) is 12.4. The molecule has 0 bridgehead atoms. The molecule has 2 aromatic rings. The lowest BCUT2D eigenvalue weighted by Gasteiger charge is -2.06. The fourth-order valence-corrected chi connectivity index (χ4v) is 1.94. The summed E-state index contributed by atoms with van der Waals surface area (Å²) in [6, 6.07) is 8.28. The first-order valence-electron chi connectivity index (χ1n) is 6.16. The van der Waals surface area contributed by atoms with E-state index in [0.29, 0.717) is 33.6 Å². The number of amides is 1. The van der Waals surface area contributed by atoms with Crippen LogP contribution in [0.4, 0.5) is 5.82 Å². The number of benzene rings is 1. The van der Waals surface area contributed by atoms with E-state index in [-0.39, 0.29) is 12.3 Å².